The van der Waals surface area contributed by atoms with Crippen LogP contribution in [0.3, 0.4) is 0 Å². The third-order valence-corrected chi connectivity index (χ3v) is 3.89. The second-order valence-corrected chi connectivity index (χ2v) is 5.47. The average Bonchev–Trinajstić information content (AvgIpc) is 2.49. The number of amides is 1. The highest BCUT2D eigenvalue weighted by molar-refractivity contribution is 6.00. The van der Waals surface area contributed by atoms with Crippen LogP contribution in [0.2, 0.25) is 0 Å². The van der Waals surface area contributed by atoms with Crippen LogP contribution in [0.1, 0.15) is 45.5 Å². The van der Waals surface area contributed by atoms with Crippen LogP contribution in [0.4, 0.5) is 0 Å². The highest BCUT2D eigenvalue weighted by Gasteiger charge is 2.29. The van der Waals surface area contributed by atoms with Gasteiger partial charge < -0.3 is 14.7 Å². The highest BCUT2D eigenvalue weighted by atomic mass is 16.5. The molecule has 1 heterocycles. The first kappa shape index (κ1) is 15.5. The summed E-state index contributed by atoms with van der Waals surface area (Å²) in [5, 5.41) is 10.1. The highest BCUT2D eigenvalue weighted by Crippen LogP contribution is 2.27. The quantitative estimate of drug-likeness (QED) is 0.863. The zero-order valence-electron chi connectivity index (χ0n) is 12.5. The van der Waals surface area contributed by atoms with Gasteiger partial charge in [-0.15, -0.1) is 0 Å². The molecule has 1 atom stereocenters. The first-order chi connectivity index (χ1) is 10.1. The third kappa shape index (κ3) is 3.24. The minimum Gasteiger partial charge on any atom is -0.506 e. The molecule has 0 spiro atoms. The van der Waals surface area contributed by atoms with E-state index in [2.05, 4.69) is 0 Å². The monoisotopic (exact) mass is 291 g/mol. The van der Waals surface area contributed by atoms with Crippen LogP contribution in [0.25, 0.3) is 0 Å². The van der Waals surface area contributed by atoms with Gasteiger partial charge in [0.2, 0.25) is 0 Å². The second-order valence-electron chi connectivity index (χ2n) is 5.47. The molecule has 1 aliphatic rings. The van der Waals surface area contributed by atoms with Gasteiger partial charge in [-0.25, -0.2) is 0 Å². The summed E-state index contributed by atoms with van der Waals surface area (Å²) >= 11 is 0. The van der Waals surface area contributed by atoms with Crippen molar-refractivity contribution in [2.75, 3.05) is 20.3 Å². The summed E-state index contributed by atoms with van der Waals surface area (Å²) in [7, 11) is 1.62. The number of phenolic OH excluding ortho intramolecular Hbond substituents is 1. The Kier molecular flexibility index (Phi) is 4.96. The van der Waals surface area contributed by atoms with E-state index in [-0.39, 0.29) is 28.8 Å². The zero-order valence-corrected chi connectivity index (χ0v) is 12.5. The molecule has 1 aromatic rings. The molecule has 2 rings (SSSR count). The lowest BCUT2D eigenvalue weighted by Gasteiger charge is -2.35. The van der Waals surface area contributed by atoms with Gasteiger partial charge in [-0.2, -0.15) is 0 Å². The van der Waals surface area contributed by atoms with E-state index in [1.807, 2.05) is 0 Å². The van der Waals surface area contributed by atoms with Crippen molar-refractivity contribution in [2.24, 2.45) is 0 Å². The fraction of sp³-hybridized carbons (Fsp3) is 0.500. The first-order valence-corrected chi connectivity index (χ1v) is 7.17. The molecular weight excluding hydrogens is 270 g/mol. The molecule has 1 amide bonds. The first-order valence-electron chi connectivity index (χ1n) is 7.17. The maximum Gasteiger partial charge on any atom is 0.257 e. The van der Waals surface area contributed by atoms with Gasteiger partial charge in [0.25, 0.3) is 5.91 Å². The van der Waals surface area contributed by atoms with Gasteiger partial charge >= 0.3 is 0 Å². The number of aromatic hydroxyl groups is 1. The summed E-state index contributed by atoms with van der Waals surface area (Å²) in [4.78, 5) is 25.5. The molecular formula is C16H21NO4. The van der Waals surface area contributed by atoms with Crippen molar-refractivity contribution in [3.8, 4) is 5.75 Å². The predicted molar refractivity (Wildman–Crippen MR) is 78.8 cm³/mol. The summed E-state index contributed by atoms with van der Waals surface area (Å²) in [5.74, 6) is -0.469. The van der Waals surface area contributed by atoms with Crippen molar-refractivity contribution in [2.45, 2.75) is 32.2 Å². The lowest BCUT2D eigenvalue weighted by atomic mass is 9.99. The number of hydrogen-bond acceptors (Lipinski definition) is 4. The lowest BCUT2D eigenvalue weighted by molar-refractivity contribution is 0.0425. The summed E-state index contributed by atoms with van der Waals surface area (Å²) in [6.07, 6.45) is 3.48. The number of benzene rings is 1. The van der Waals surface area contributed by atoms with Crippen LogP contribution < -0.4 is 0 Å². The zero-order chi connectivity index (χ0) is 15.4. The number of likely N-dealkylation sites (tertiary alicyclic amines) is 1. The van der Waals surface area contributed by atoms with E-state index < -0.39 is 0 Å². The number of carbonyl (C=O) groups is 2. The van der Waals surface area contributed by atoms with Crippen molar-refractivity contribution >= 4 is 12.2 Å². The van der Waals surface area contributed by atoms with Gasteiger partial charge in [-0.05, 0) is 43.9 Å². The Bertz CT molecular complexity index is 539. The van der Waals surface area contributed by atoms with Crippen LogP contribution in [0.15, 0.2) is 12.1 Å². The number of hydrogen-bond donors (Lipinski definition) is 1. The number of carbonyl (C=O) groups excluding carboxylic acids is 2. The Morgan fingerprint density at radius 2 is 2.24 bits per heavy atom. The van der Waals surface area contributed by atoms with E-state index in [1.165, 1.54) is 0 Å². The van der Waals surface area contributed by atoms with E-state index in [1.54, 1.807) is 31.1 Å². The molecule has 1 aromatic carbocycles. The van der Waals surface area contributed by atoms with Gasteiger partial charge in [-0.1, -0.05) is 0 Å². The number of ether oxygens (including phenoxy) is 1. The molecule has 5 nitrogen and oxygen atoms in total. The minimum absolute atomic E-state index is 0.0239. The second kappa shape index (κ2) is 6.72. The van der Waals surface area contributed by atoms with Gasteiger partial charge in [0.05, 0.1) is 23.8 Å². The molecule has 1 N–H and O–H groups in total. The molecule has 0 bridgehead atoms. The standard InChI is InChI=1S/C16H21NO4/c1-11-7-12(9-18)15(19)14(8-11)16(20)17-6-4-3-5-13(17)10-21-2/h7-9,13,19H,3-6,10H2,1-2H3. The molecule has 0 aliphatic carbocycles. The Labute approximate surface area is 124 Å². The summed E-state index contributed by atoms with van der Waals surface area (Å²) < 4.78 is 5.18. The number of phenols is 1. The summed E-state index contributed by atoms with van der Waals surface area (Å²) in [5.41, 5.74) is 1.12. The number of nitrogens with zero attached hydrogens (tertiary/aromatic N) is 1. The van der Waals surface area contributed by atoms with E-state index in [4.69, 9.17) is 4.74 Å². The van der Waals surface area contributed by atoms with Gasteiger partial charge in [0, 0.05) is 13.7 Å². The minimum atomic E-state index is -0.235. The number of aldehydes is 1. The molecule has 5 heteroatoms. The molecule has 1 unspecified atom stereocenters. The predicted octanol–water partition coefficient (Wildman–Crippen LogP) is 2.15. The Morgan fingerprint density at radius 1 is 1.48 bits per heavy atom. The maximum atomic E-state index is 12.7. The fourth-order valence-electron chi connectivity index (χ4n) is 2.85. The molecule has 1 saturated heterocycles. The van der Waals surface area contributed by atoms with E-state index in [9.17, 15) is 14.7 Å². The number of rotatable bonds is 4. The normalized spacial score (nSPS) is 18.6. The van der Waals surface area contributed by atoms with Crippen LogP contribution in [-0.2, 0) is 4.74 Å². The lowest BCUT2D eigenvalue weighted by Crippen LogP contribution is -2.46. The van der Waals surface area contributed by atoms with Crippen molar-refractivity contribution < 1.29 is 19.4 Å². The van der Waals surface area contributed by atoms with Crippen molar-refractivity contribution in [3.63, 3.8) is 0 Å². The third-order valence-electron chi connectivity index (χ3n) is 3.89. The Balaban J connectivity index is 2.34. The molecule has 0 aromatic heterocycles. The van der Waals surface area contributed by atoms with Crippen molar-refractivity contribution in [1.29, 1.82) is 0 Å². The van der Waals surface area contributed by atoms with E-state index >= 15 is 0 Å². The fourth-order valence-corrected chi connectivity index (χ4v) is 2.85. The summed E-state index contributed by atoms with van der Waals surface area (Å²) in [6.45, 7) is 2.93. The summed E-state index contributed by atoms with van der Waals surface area (Å²) in [6, 6.07) is 3.22. The van der Waals surface area contributed by atoms with Crippen LogP contribution in [0.5, 0.6) is 5.75 Å². The Hall–Kier alpha value is -1.88. The van der Waals surface area contributed by atoms with Crippen molar-refractivity contribution in [3.05, 3.63) is 28.8 Å². The van der Waals surface area contributed by atoms with E-state index in [0.717, 1.165) is 24.8 Å². The van der Waals surface area contributed by atoms with Crippen LogP contribution >= 0.6 is 0 Å². The van der Waals surface area contributed by atoms with E-state index in [0.29, 0.717) is 19.4 Å². The van der Waals surface area contributed by atoms with Crippen molar-refractivity contribution in [1.82, 2.24) is 4.90 Å². The SMILES string of the molecule is COCC1CCCCN1C(=O)c1cc(C)cc(C=O)c1O. The molecule has 114 valence electrons. The Morgan fingerprint density at radius 3 is 2.90 bits per heavy atom. The molecule has 0 saturated carbocycles. The molecule has 0 radical (unpaired) electrons. The van der Waals surface area contributed by atoms with Gasteiger partial charge in [0.15, 0.2) is 6.29 Å². The maximum absolute atomic E-state index is 12.7. The topological polar surface area (TPSA) is 66.8 Å². The molecule has 21 heavy (non-hydrogen) atoms. The smallest absolute Gasteiger partial charge is 0.257 e. The largest absolute Gasteiger partial charge is 0.506 e. The molecule has 1 aliphatic heterocycles. The van der Waals surface area contributed by atoms with Crippen LogP contribution in [0, 0.1) is 6.92 Å². The average molecular weight is 291 g/mol. The van der Waals surface area contributed by atoms with Gasteiger partial charge in [-0.3, -0.25) is 9.59 Å². The molecule has 1 fully saturated rings. The number of methoxy groups -OCH3 is 1. The number of aryl methyl sites for hydroxylation is 1. The van der Waals surface area contributed by atoms with Gasteiger partial charge in [0.1, 0.15) is 5.75 Å². The van der Waals surface area contributed by atoms with Crippen LogP contribution in [-0.4, -0.2) is 48.5 Å². The number of piperidine rings is 1.